The average Bonchev–Trinajstić information content (AvgIpc) is 2.62. The fourth-order valence-electron chi connectivity index (χ4n) is 2.63. The number of aromatic nitrogens is 1. The van der Waals surface area contributed by atoms with E-state index in [4.69, 9.17) is 17.0 Å². The number of esters is 1. The lowest BCUT2D eigenvalue weighted by molar-refractivity contribution is -0.138. The minimum Gasteiger partial charge on any atom is -0.463 e. The summed E-state index contributed by atoms with van der Waals surface area (Å²) in [5.74, 6) is -0.374. The molecule has 5 nitrogen and oxygen atoms in total. The fourth-order valence-corrected chi connectivity index (χ4v) is 2.85. The Labute approximate surface area is 145 Å². The normalized spacial score (nSPS) is 17.0. The summed E-state index contributed by atoms with van der Waals surface area (Å²) >= 11 is 5.34. The largest absolute Gasteiger partial charge is 0.463 e. The number of hydrogen-bond donors (Lipinski definition) is 2. The molecule has 3 rings (SSSR count). The number of rotatable bonds is 4. The van der Waals surface area contributed by atoms with E-state index in [1.54, 1.807) is 19.3 Å². The number of carbonyl (C=O) groups is 1. The second kappa shape index (κ2) is 7.23. The maximum Gasteiger partial charge on any atom is 0.338 e. The topological polar surface area (TPSA) is 63.2 Å². The zero-order valence-electron chi connectivity index (χ0n) is 13.2. The molecule has 1 aliphatic heterocycles. The summed E-state index contributed by atoms with van der Waals surface area (Å²) < 4.78 is 5.28. The van der Waals surface area contributed by atoms with Gasteiger partial charge in [-0.2, -0.15) is 0 Å². The van der Waals surface area contributed by atoms with Gasteiger partial charge in [0, 0.05) is 12.4 Å². The highest BCUT2D eigenvalue weighted by molar-refractivity contribution is 7.80. The van der Waals surface area contributed by atoms with Crippen molar-refractivity contribution in [3.05, 3.63) is 71.6 Å². The van der Waals surface area contributed by atoms with E-state index in [0.29, 0.717) is 23.0 Å². The van der Waals surface area contributed by atoms with Gasteiger partial charge in [0.05, 0.1) is 23.9 Å². The summed E-state index contributed by atoms with van der Waals surface area (Å²) in [5.41, 5.74) is 2.94. The molecular weight excluding hydrogens is 322 g/mol. The van der Waals surface area contributed by atoms with E-state index < -0.39 is 6.04 Å². The highest BCUT2D eigenvalue weighted by Crippen LogP contribution is 2.31. The maximum absolute atomic E-state index is 12.7. The van der Waals surface area contributed by atoms with Gasteiger partial charge in [-0.1, -0.05) is 30.3 Å². The Kier molecular flexibility index (Phi) is 4.86. The molecule has 2 aromatic rings. The molecule has 1 atom stereocenters. The molecule has 2 N–H and O–H groups in total. The summed E-state index contributed by atoms with van der Waals surface area (Å²) in [7, 11) is 0. The van der Waals surface area contributed by atoms with E-state index >= 15 is 0 Å². The third-order valence-corrected chi connectivity index (χ3v) is 3.89. The fraction of sp³-hybridized carbons (Fsp3) is 0.167. The van der Waals surface area contributed by atoms with Crippen molar-refractivity contribution in [2.45, 2.75) is 13.0 Å². The van der Waals surface area contributed by atoms with Crippen LogP contribution in [0.25, 0.3) is 5.70 Å². The molecule has 0 bridgehead atoms. The Morgan fingerprint density at radius 1 is 1.21 bits per heavy atom. The monoisotopic (exact) mass is 339 g/mol. The first-order valence-corrected chi connectivity index (χ1v) is 8.05. The van der Waals surface area contributed by atoms with Crippen molar-refractivity contribution in [2.75, 3.05) is 6.61 Å². The molecule has 0 unspecified atom stereocenters. The van der Waals surface area contributed by atoms with Crippen LogP contribution in [-0.2, 0) is 9.53 Å². The Morgan fingerprint density at radius 2 is 1.92 bits per heavy atom. The van der Waals surface area contributed by atoms with Crippen LogP contribution in [0.1, 0.15) is 24.1 Å². The third kappa shape index (κ3) is 3.28. The first-order chi connectivity index (χ1) is 11.7. The van der Waals surface area contributed by atoms with Crippen LogP contribution in [0, 0.1) is 0 Å². The Bertz CT molecular complexity index is 775. The van der Waals surface area contributed by atoms with Gasteiger partial charge in [0.25, 0.3) is 0 Å². The quantitative estimate of drug-likeness (QED) is 0.659. The van der Waals surface area contributed by atoms with Crippen LogP contribution < -0.4 is 10.6 Å². The van der Waals surface area contributed by atoms with Crippen LogP contribution >= 0.6 is 12.2 Å². The summed E-state index contributed by atoms with van der Waals surface area (Å²) in [4.78, 5) is 16.7. The molecule has 6 heteroatoms. The van der Waals surface area contributed by atoms with Crippen molar-refractivity contribution in [3.8, 4) is 0 Å². The highest BCUT2D eigenvalue weighted by Gasteiger charge is 2.32. The molecule has 122 valence electrons. The molecule has 0 fully saturated rings. The minimum absolute atomic E-state index is 0.303. The second-order valence-corrected chi connectivity index (χ2v) is 5.60. The number of nitrogens with zero attached hydrogens (tertiary/aromatic N) is 1. The van der Waals surface area contributed by atoms with E-state index in [9.17, 15) is 4.79 Å². The molecule has 1 aromatic carbocycles. The number of carbonyl (C=O) groups excluding carboxylic acids is 1. The lowest BCUT2D eigenvalue weighted by Crippen LogP contribution is -2.45. The van der Waals surface area contributed by atoms with Gasteiger partial charge in [0.15, 0.2) is 5.11 Å². The molecule has 1 aliphatic rings. The van der Waals surface area contributed by atoms with Crippen LogP contribution in [0.2, 0.25) is 0 Å². The van der Waals surface area contributed by atoms with Crippen LogP contribution in [0.3, 0.4) is 0 Å². The molecular formula is C18H17N3O2S. The molecule has 1 aromatic heterocycles. The molecule has 24 heavy (non-hydrogen) atoms. The standard InChI is InChI=1S/C18H17N3O2S/c1-2-23-17(22)14-15(12-6-4-3-5-7-12)20-18(24)21-16(14)13-8-10-19-11-9-13/h3-11,16H,2H2,1H3,(H2,20,21,24)/t16-/m0/s1. The maximum atomic E-state index is 12.7. The third-order valence-electron chi connectivity index (χ3n) is 3.67. The second-order valence-electron chi connectivity index (χ2n) is 5.19. The van der Waals surface area contributed by atoms with Crippen molar-refractivity contribution in [1.29, 1.82) is 0 Å². The Balaban J connectivity index is 2.16. The lowest BCUT2D eigenvalue weighted by atomic mass is 9.93. The zero-order chi connectivity index (χ0) is 16.9. The molecule has 2 heterocycles. The van der Waals surface area contributed by atoms with Crippen LogP contribution in [0.15, 0.2) is 60.4 Å². The molecule has 0 radical (unpaired) electrons. The van der Waals surface area contributed by atoms with Crippen LogP contribution in [0.5, 0.6) is 0 Å². The number of hydrogen-bond acceptors (Lipinski definition) is 4. The van der Waals surface area contributed by atoms with Gasteiger partial charge in [0.2, 0.25) is 0 Å². The molecule has 0 saturated heterocycles. The van der Waals surface area contributed by atoms with Crippen LogP contribution in [-0.4, -0.2) is 22.7 Å². The Morgan fingerprint density at radius 3 is 2.58 bits per heavy atom. The lowest BCUT2D eigenvalue weighted by Gasteiger charge is -2.31. The van der Waals surface area contributed by atoms with E-state index in [1.165, 1.54) is 0 Å². The van der Waals surface area contributed by atoms with E-state index in [2.05, 4.69) is 15.6 Å². The summed E-state index contributed by atoms with van der Waals surface area (Å²) in [6.45, 7) is 2.09. The van der Waals surface area contributed by atoms with Crippen molar-refractivity contribution in [2.24, 2.45) is 0 Å². The number of nitrogens with one attached hydrogen (secondary N) is 2. The smallest absolute Gasteiger partial charge is 0.338 e. The van der Waals surface area contributed by atoms with E-state index in [1.807, 2.05) is 42.5 Å². The number of thiocarbonyl (C=S) groups is 1. The molecule has 0 amide bonds. The van der Waals surface area contributed by atoms with Gasteiger partial charge in [-0.3, -0.25) is 4.98 Å². The van der Waals surface area contributed by atoms with Crippen molar-refractivity contribution < 1.29 is 9.53 Å². The average molecular weight is 339 g/mol. The van der Waals surface area contributed by atoms with Crippen molar-refractivity contribution in [3.63, 3.8) is 0 Å². The van der Waals surface area contributed by atoms with Gasteiger partial charge in [0.1, 0.15) is 0 Å². The van der Waals surface area contributed by atoms with Gasteiger partial charge in [-0.25, -0.2) is 4.79 Å². The van der Waals surface area contributed by atoms with Gasteiger partial charge in [-0.05, 0) is 42.4 Å². The Hall–Kier alpha value is -2.73. The number of pyridine rings is 1. The van der Waals surface area contributed by atoms with Crippen molar-refractivity contribution in [1.82, 2.24) is 15.6 Å². The molecule has 0 aliphatic carbocycles. The van der Waals surface area contributed by atoms with Crippen LogP contribution in [0.4, 0.5) is 0 Å². The summed E-state index contributed by atoms with van der Waals surface area (Å²) in [6.07, 6.45) is 3.38. The zero-order valence-corrected chi connectivity index (χ0v) is 14.0. The summed E-state index contributed by atoms with van der Waals surface area (Å²) in [5, 5.41) is 6.72. The van der Waals surface area contributed by atoms with E-state index in [-0.39, 0.29) is 5.97 Å². The minimum atomic E-state index is -0.393. The summed E-state index contributed by atoms with van der Waals surface area (Å²) in [6, 6.07) is 12.9. The SMILES string of the molecule is CCOC(=O)C1=C(c2ccccc2)NC(=S)N[C@H]1c1ccncc1. The first-order valence-electron chi connectivity index (χ1n) is 7.65. The number of ether oxygens (including phenoxy) is 1. The van der Waals surface area contributed by atoms with Crippen molar-refractivity contribution >= 4 is 29.0 Å². The van der Waals surface area contributed by atoms with Gasteiger partial charge >= 0.3 is 5.97 Å². The van der Waals surface area contributed by atoms with Gasteiger partial charge < -0.3 is 15.4 Å². The molecule has 0 spiro atoms. The van der Waals surface area contributed by atoms with E-state index in [0.717, 1.165) is 11.1 Å². The molecule has 0 saturated carbocycles. The predicted octanol–water partition coefficient (Wildman–Crippen LogP) is 2.57. The highest BCUT2D eigenvalue weighted by atomic mass is 32.1. The number of benzene rings is 1. The first kappa shape index (κ1) is 16.1. The van der Waals surface area contributed by atoms with Gasteiger partial charge in [-0.15, -0.1) is 0 Å². The predicted molar refractivity (Wildman–Crippen MR) is 95.8 cm³/mol.